The molecule has 10 nitrogen and oxygen atoms in total. The Morgan fingerprint density at radius 2 is 1.97 bits per heavy atom. The Labute approximate surface area is 192 Å². The van der Waals surface area contributed by atoms with Crippen LogP contribution in [-0.4, -0.2) is 39.8 Å². The van der Waals surface area contributed by atoms with Crippen LogP contribution in [0.5, 0.6) is 17.4 Å². The largest absolute Gasteiger partial charge is 0.496 e. The number of carboxylic acid groups (broad SMARTS) is 1. The van der Waals surface area contributed by atoms with E-state index in [1.807, 2.05) is 0 Å². The SMILES string of the molecule is COc1ccc(F)c(F)c1COc1cc(-n2c(=O)[nH]c3csc(C(=O)O)c3c2=O)cnc1OC. The number of pyridine rings is 1. The van der Waals surface area contributed by atoms with Crippen molar-refractivity contribution in [3.05, 3.63) is 72.7 Å². The van der Waals surface area contributed by atoms with Gasteiger partial charge in [-0.3, -0.25) is 4.79 Å². The molecule has 0 atom stereocenters. The summed E-state index contributed by atoms with van der Waals surface area (Å²) >= 11 is 0.797. The summed E-state index contributed by atoms with van der Waals surface area (Å²) in [5, 5.41) is 10.5. The van der Waals surface area contributed by atoms with Crippen LogP contribution in [0.1, 0.15) is 15.2 Å². The average Bonchev–Trinajstić information content (AvgIpc) is 3.24. The summed E-state index contributed by atoms with van der Waals surface area (Å²) in [6, 6.07) is 3.37. The standard InChI is InChI=1S/C21H15F2N3O7S/c1-31-13-4-3-11(22)16(23)10(13)7-33-14-5-9(6-24-18(14)32-2)26-19(27)15-12(25-21(26)30)8-34-17(15)20(28)29/h3-6,8H,7H2,1-2H3,(H,25,30)(H,28,29). The minimum atomic E-state index is -1.32. The lowest BCUT2D eigenvalue weighted by molar-refractivity contribution is 0.0704. The number of aromatic amines is 1. The summed E-state index contributed by atoms with van der Waals surface area (Å²) in [6.45, 7) is -0.494. The molecule has 0 aliphatic rings. The number of nitrogens with zero attached hydrogens (tertiary/aromatic N) is 2. The van der Waals surface area contributed by atoms with Crippen LogP contribution in [0.2, 0.25) is 0 Å². The first kappa shape index (κ1) is 22.9. The molecule has 4 aromatic rings. The topological polar surface area (TPSA) is 133 Å². The van der Waals surface area contributed by atoms with Crippen LogP contribution in [0.15, 0.2) is 39.4 Å². The Morgan fingerprint density at radius 3 is 2.65 bits per heavy atom. The predicted molar refractivity (Wildman–Crippen MR) is 117 cm³/mol. The molecule has 1 aromatic carbocycles. The maximum atomic E-state index is 14.3. The van der Waals surface area contributed by atoms with Gasteiger partial charge in [0.05, 0.1) is 42.6 Å². The van der Waals surface area contributed by atoms with Crippen LogP contribution in [0, 0.1) is 11.6 Å². The zero-order chi connectivity index (χ0) is 24.6. The number of thiophene rings is 1. The lowest BCUT2D eigenvalue weighted by atomic mass is 10.2. The number of hydrogen-bond acceptors (Lipinski definition) is 8. The second kappa shape index (κ2) is 8.94. The third-order valence-corrected chi connectivity index (χ3v) is 5.82. The summed E-state index contributed by atoms with van der Waals surface area (Å²) < 4.78 is 44.4. The normalized spacial score (nSPS) is 10.9. The molecule has 0 bridgehead atoms. The second-order valence-corrected chi connectivity index (χ2v) is 7.64. The molecule has 0 saturated heterocycles. The first-order valence-corrected chi connectivity index (χ1v) is 10.3. The fourth-order valence-electron chi connectivity index (χ4n) is 3.28. The third-order valence-electron chi connectivity index (χ3n) is 4.85. The maximum absolute atomic E-state index is 14.3. The summed E-state index contributed by atoms with van der Waals surface area (Å²) in [5.41, 5.74) is -1.93. The van der Waals surface area contributed by atoms with Crippen molar-refractivity contribution in [2.75, 3.05) is 14.2 Å². The highest BCUT2D eigenvalue weighted by molar-refractivity contribution is 7.13. The van der Waals surface area contributed by atoms with Gasteiger partial charge in [-0.2, -0.15) is 0 Å². The van der Waals surface area contributed by atoms with Gasteiger partial charge in [0.15, 0.2) is 17.4 Å². The minimum absolute atomic E-state index is 0.0405. The number of hydrogen-bond donors (Lipinski definition) is 2. The number of carboxylic acids is 1. The van der Waals surface area contributed by atoms with Gasteiger partial charge in [-0.1, -0.05) is 0 Å². The molecule has 13 heteroatoms. The molecule has 3 heterocycles. The zero-order valence-corrected chi connectivity index (χ0v) is 18.4. The number of H-pyrrole nitrogens is 1. The second-order valence-electron chi connectivity index (χ2n) is 6.76. The quantitative estimate of drug-likeness (QED) is 0.403. The zero-order valence-electron chi connectivity index (χ0n) is 17.5. The molecular weight excluding hydrogens is 476 g/mol. The lowest BCUT2D eigenvalue weighted by Crippen LogP contribution is -2.33. The number of aromatic carboxylic acids is 1. The minimum Gasteiger partial charge on any atom is -0.496 e. The molecule has 4 rings (SSSR count). The molecule has 0 aliphatic heterocycles. The number of fused-ring (bicyclic) bond motifs is 1. The van der Waals surface area contributed by atoms with Crippen molar-refractivity contribution in [3.63, 3.8) is 0 Å². The predicted octanol–water partition coefficient (Wildman–Crippen LogP) is 2.71. The molecular formula is C21H15F2N3O7S. The van der Waals surface area contributed by atoms with Crippen LogP contribution >= 0.6 is 11.3 Å². The van der Waals surface area contributed by atoms with Gasteiger partial charge in [-0.25, -0.2) is 27.9 Å². The third kappa shape index (κ3) is 3.85. The van der Waals surface area contributed by atoms with Crippen LogP contribution in [-0.2, 0) is 6.61 Å². The van der Waals surface area contributed by atoms with Crippen molar-refractivity contribution in [1.82, 2.24) is 14.5 Å². The number of rotatable bonds is 7. The van der Waals surface area contributed by atoms with Crippen LogP contribution in [0.4, 0.5) is 8.78 Å². The fraction of sp³-hybridized carbons (Fsp3) is 0.143. The fourth-order valence-corrected chi connectivity index (χ4v) is 4.11. The Hall–Kier alpha value is -4.26. The summed E-state index contributed by atoms with van der Waals surface area (Å²) in [6.07, 6.45) is 1.14. The van der Waals surface area contributed by atoms with Gasteiger partial charge in [0.2, 0.25) is 0 Å². The van der Waals surface area contributed by atoms with E-state index in [2.05, 4.69) is 9.97 Å². The highest BCUT2D eigenvalue weighted by Crippen LogP contribution is 2.30. The van der Waals surface area contributed by atoms with Gasteiger partial charge in [-0.15, -0.1) is 11.3 Å². The molecule has 0 saturated carbocycles. The molecule has 3 aromatic heterocycles. The Bertz CT molecular complexity index is 1540. The Kier molecular flexibility index (Phi) is 6.03. The number of halogens is 2. The van der Waals surface area contributed by atoms with Crippen molar-refractivity contribution in [3.8, 4) is 23.1 Å². The van der Waals surface area contributed by atoms with Crippen molar-refractivity contribution in [2.24, 2.45) is 0 Å². The number of ether oxygens (including phenoxy) is 3. The molecule has 34 heavy (non-hydrogen) atoms. The number of aromatic nitrogens is 3. The van der Waals surface area contributed by atoms with Gasteiger partial charge in [0, 0.05) is 11.4 Å². The van der Waals surface area contributed by atoms with Crippen molar-refractivity contribution in [1.29, 1.82) is 0 Å². The summed E-state index contributed by atoms with van der Waals surface area (Å²) in [5.74, 6) is -3.71. The molecule has 2 N–H and O–H groups in total. The molecule has 0 spiro atoms. The highest BCUT2D eigenvalue weighted by atomic mass is 32.1. The van der Waals surface area contributed by atoms with E-state index < -0.39 is 35.5 Å². The molecule has 0 unspecified atom stereocenters. The van der Waals surface area contributed by atoms with Gasteiger partial charge in [-0.05, 0) is 12.1 Å². The van der Waals surface area contributed by atoms with Gasteiger partial charge >= 0.3 is 11.7 Å². The summed E-state index contributed by atoms with van der Waals surface area (Å²) in [7, 11) is 2.57. The van der Waals surface area contributed by atoms with E-state index in [0.29, 0.717) is 4.57 Å². The van der Waals surface area contributed by atoms with E-state index in [-0.39, 0.29) is 44.4 Å². The number of carbonyl (C=O) groups is 1. The van der Waals surface area contributed by atoms with Crippen LogP contribution in [0.3, 0.4) is 0 Å². The van der Waals surface area contributed by atoms with Crippen molar-refractivity contribution < 1.29 is 32.9 Å². The average molecular weight is 491 g/mol. The molecule has 176 valence electrons. The van der Waals surface area contributed by atoms with E-state index in [0.717, 1.165) is 23.6 Å². The Balaban J connectivity index is 1.81. The van der Waals surface area contributed by atoms with Gasteiger partial charge in [0.1, 0.15) is 17.2 Å². The first-order valence-electron chi connectivity index (χ1n) is 9.44. The van der Waals surface area contributed by atoms with Crippen molar-refractivity contribution in [2.45, 2.75) is 6.61 Å². The number of methoxy groups -OCH3 is 2. The maximum Gasteiger partial charge on any atom is 0.346 e. The monoisotopic (exact) mass is 491 g/mol. The van der Waals surface area contributed by atoms with E-state index in [4.69, 9.17) is 14.2 Å². The molecule has 0 aliphatic carbocycles. The lowest BCUT2D eigenvalue weighted by Gasteiger charge is -2.14. The van der Waals surface area contributed by atoms with Crippen LogP contribution in [0.25, 0.3) is 16.6 Å². The Morgan fingerprint density at radius 1 is 1.21 bits per heavy atom. The highest BCUT2D eigenvalue weighted by Gasteiger charge is 2.21. The van der Waals surface area contributed by atoms with E-state index >= 15 is 0 Å². The van der Waals surface area contributed by atoms with Gasteiger partial charge < -0.3 is 24.3 Å². The van der Waals surface area contributed by atoms with Crippen molar-refractivity contribution >= 4 is 28.2 Å². The smallest absolute Gasteiger partial charge is 0.346 e. The molecule has 0 fully saturated rings. The number of benzene rings is 1. The molecule has 0 radical (unpaired) electrons. The van der Waals surface area contributed by atoms with Crippen LogP contribution < -0.4 is 25.5 Å². The van der Waals surface area contributed by atoms with E-state index in [1.54, 1.807) is 0 Å². The van der Waals surface area contributed by atoms with E-state index in [1.165, 1.54) is 31.7 Å². The first-order chi connectivity index (χ1) is 16.3. The summed E-state index contributed by atoms with van der Waals surface area (Å²) in [4.78, 5) is 43.3. The van der Waals surface area contributed by atoms with E-state index in [9.17, 15) is 28.3 Å². The van der Waals surface area contributed by atoms with Gasteiger partial charge in [0.25, 0.3) is 11.4 Å². The number of nitrogens with one attached hydrogen (secondary N) is 1. The molecule has 0 amide bonds.